The highest BCUT2D eigenvalue weighted by Crippen LogP contribution is 2.22. The van der Waals surface area contributed by atoms with Crippen LogP contribution >= 0.6 is 0 Å². The lowest BCUT2D eigenvalue weighted by atomic mass is 10.1. The Morgan fingerprint density at radius 3 is 2.74 bits per heavy atom. The summed E-state index contributed by atoms with van der Waals surface area (Å²) in [5.41, 5.74) is -0.374. The lowest BCUT2D eigenvalue weighted by Gasteiger charge is -2.06. The van der Waals surface area contributed by atoms with Crippen LogP contribution in [-0.4, -0.2) is 17.6 Å². The highest BCUT2D eigenvalue weighted by atomic mass is 19.1. The second kappa shape index (κ2) is 6.00. The van der Waals surface area contributed by atoms with Gasteiger partial charge in [0.2, 0.25) is 5.89 Å². The molecule has 0 atom stereocenters. The number of carbonyl (C=O) groups excluding carboxylic acids is 1. The van der Waals surface area contributed by atoms with Crippen molar-refractivity contribution in [3.63, 3.8) is 0 Å². The number of aromatic nitrogens is 1. The topological polar surface area (TPSA) is 69.4 Å². The van der Waals surface area contributed by atoms with Gasteiger partial charge >= 0.3 is 11.6 Å². The Labute approximate surface area is 130 Å². The maximum atomic E-state index is 13.8. The van der Waals surface area contributed by atoms with Crippen LogP contribution in [0.15, 0.2) is 51.7 Å². The molecule has 0 aliphatic rings. The molecule has 0 saturated carbocycles. The second-order valence-corrected chi connectivity index (χ2v) is 4.71. The van der Waals surface area contributed by atoms with E-state index in [1.807, 2.05) is 0 Å². The minimum absolute atomic E-state index is 0.0195. The van der Waals surface area contributed by atoms with E-state index in [0.717, 1.165) is 0 Å². The summed E-state index contributed by atoms with van der Waals surface area (Å²) in [6.07, 6.45) is 0. The maximum absolute atomic E-state index is 13.8. The number of esters is 1. The van der Waals surface area contributed by atoms with Gasteiger partial charge in [0.05, 0.1) is 23.3 Å². The van der Waals surface area contributed by atoms with Crippen molar-refractivity contribution in [3.8, 4) is 11.5 Å². The molecule has 6 heteroatoms. The van der Waals surface area contributed by atoms with Crippen LogP contribution in [0, 0.1) is 5.82 Å². The van der Waals surface area contributed by atoms with Gasteiger partial charge in [-0.05, 0) is 31.2 Å². The number of halogens is 1. The quantitative estimate of drug-likeness (QED) is 0.695. The molecule has 0 radical (unpaired) electrons. The van der Waals surface area contributed by atoms with E-state index in [4.69, 9.17) is 9.15 Å². The summed E-state index contributed by atoms with van der Waals surface area (Å²) < 4.78 is 23.9. The van der Waals surface area contributed by atoms with E-state index in [1.165, 1.54) is 24.3 Å². The molecule has 1 heterocycles. The normalized spacial score (nSPS) is 10.7. The zero-order chi connectivity index (χ0) is 16.4. The summed E-state index contributed by atoms with van der Waals surface area (Å²) in [7, 11) is 0. The van der Waals surface area contributed by atoms with Crippen LogP contribution in [0.5, 0.6) is 0 Å². The molecular formula is C17H12FNO4. The Morgan fingerprint density at radius 2 is 2.00 bits per heavy atom. The molecule has 3 aromatic rings. The van der Waals surface area contributed by atoms with Crippen LogP contribution in [-0.2, 0) is 4.74 Å². The largest absolute Gasteiger partial charge is 0.462 e. The number of ether oxygens (including phenoxy) is 1. The summed E-state index contributed by atoms with van der Waals surface area (Å²) in [5, 5.41) is 0.0195. The van der Waals surface area contributed by atoms with Gasteiger partial charge in [-0.2, -0.15) is 0 Å². The smallest absolute Gasteiger partial charge is 0.347 e. The molecule has 0 bridgehead atoms. The average Bonchev–Trinajstić information content (AvgIpc) is 2.54. The second-order valence-electron chi connectivity index (χ2n) is 4.71. The van der Waals surface area contributed by atoms with Gasteiger partial charge in [0, 0.05) is 0 Å². The van der Waals surface area contributed by atoms with E-state index in [1.54, 1.807) is 25.1 Å². The molecule has 5 nitrogen and oxygen atoms in total. The first kappa shape index (κ1) is 14.9. The van der Waals surface area contributed by atoms with Crippen LogP contribution in [0.1, 0.15) is 17.3 Å². The van der Waals surface area contributed by atoms with Crippen molar-refractivity contribution in [1.82, 2.24) is 4.98 Å². The third-order valence-electron chi connectivity index (χ3n) is 3.26. The van der Waals surface area contributed by atoms with E-state index >= 15 is 0 Å². The first-order valence-electron chi connectivity index (χ1n) is 6.97. The standard InChI is InChI=1S/C17H12FNO4/c1-2-22-16(20)11-7-5-9-13-14(11)17(21)23-15(19-13)10-6-3-4-8-12(10)18/h3-9H,2H2,1H3. The molecule has 0 unspecified atom stereocenters. The van der Waals surface area contributed by atoms with Crippen LogP contribution in [0.2, 0.25) is 0 Å². The summed E-state index contributed by atoms with van der Waals surface area (Å²) in [6.45, 7) is 1.85. The van der Waals surface area contributed by atoms with Gasteiger partial charge in [-0.25, -0.2) is 19.0 Å². The summed E-state index contributed by atoms with van der Waals surface area (Å²) in [5.74, 6) is -1.32. The molecule has 0 amide bonds. The summed E-state index contributed by atoms with van der Waals surface area (Å²) >= 11 is 0. The molecule has 116 valence electrons. The van der Waals surface area contributed by atoms with Crippen molar-refractivity contribution in [2.24, 2.45) is 0 Å². The Morgan fingerprint density at radius 1 is 1.22 bits per heavy atom. The maximum Gasteiger partial charge on any atom is 0.347 e. The predicted octanol–water partition coefficient (Wildman–Crippen LogP) is 3.17. The average molecular weight is 313 g/mol. The Bertz CT molecular complexity index is 949. The van der Waals surface area contributed by atoms with Crippen LogP contribution < -0.4 is 5.63 Å². The predicted molar refractivity (Wildman–Crippen MR) is 81.6 cm³/mol. The zero-order valence-corrected chi connectivity index (χ0v) is 12.2. The Kier molecular flexibility index (Phi) is 3.89. The van der Waals surface area contributed by atoms with E-state index in [0.29, 0.717) is 0 Å². The van der Waals surface area contributed by atoms with Gasteiger partial charge in [0.25, 0.3) is 0 Å². The highest BCUT2D eigenvalue weighted by molar-refractivity contribution is 6.03. The third-order valence-corrected chi connectivity index (χ3v) is 3.26. The molecule has 3 rings (SSSR count). The van der Waals surface area contributed by atoms with Gasteiger partial charge in [0.15, 0.2) is 0 Å². The van der Waals surface area contributed by atoms with Crippen molar-refractivity contribution in [1.29, 1.82) is 0 Å². The van der Waals surface area contributed by atoms with Crippen molar-refractivity contribution in [2.75, 3.05) is 6.61 Å². The Hall–Kier alpha value is -3.02. The van der Waals surface area contributed by atoms with Crippen molar-refractivity contribution >= 4 is 16.9 Å². The number of carbonyl (C=O) groups is 1. The number of rotatable bonds is 3. The monoisotopic (exact) mass is 313 g/mol. The van der Waals surface area contributed by atoms with Gasteiger partial charge < -0.3 is 9.15 Å². The molecule has 0 N–H and O–H groups in total. The van der Waals surface area contributed by atoms with E-state index in [-0.39, 0.29) is 34.5 Å². The SMILES string of the molecule is CCOC(=O)c1cccc2nc(-c3ccccc3F)oc(=O)c12. The van der Waals surface area contributed by atoms with Crippen LogP contribution in [0.4, 0.5) is 4.39 Å². The zero-order valence-electron chi connectivity index (χ0n) is 12.2. The van der Waals surface area contributed by atoms with Crippen molar-refractivity contribution in [2.45, 2.75) is 6.92 Å². The minimum Gasteiger partial charge on any atom is -0.462 e. The van der Waals surface area contributed by atoms with Gasteiger partial charge in [-0.3, -0.25) is 0 Å². The van der Waals surface area contributed by atoms with Crippen molar-refractivity contribution < 1.29 is 18.3 Å². The first-order chi connectivity index (χ1) is 11.1. The summed E-state index contributed by atoms with van der Waals surface area (Å²) in [4.78, 5) is 28.4. The minimum atomic E-state index is -0.767. The summed E-state index contributed by atoms with van der Waals surface area (Å²) in [6, 6.07) is 10.4. The van der Waals surface area contributed by atoms with E-state index in [2.05, 4.69) is 4.98 Å². The molecule has 1 aromatic heterocycles. The molecule has 0 saturated heterocycles. The van der Waals surface area contributed by atoms with E-state index < -0.39 is 17.4 Å². The molecular weight excluding hydrogens is 301 g/mol. The molecule has 23 heavy (non-hydrogen) atoms. The first-order valence-corrected chi connectivity index (χ1v) is 6.97. The molecule has 0 spiro atoms. The number of fused-ring (bicyclic) bond motifs is 1. The Balaban J connectivity index is 2.23. The van der Waals surface area contributed by atoms with E-state index in [9.17, 15) is 14.0 Å². The fourth-order valence-corrected chi connectivity index (χ4v) is 2.25. The van der Waals surface area contributed by atoms with Crippen molar-refractivity contribution in [3.05, 3.63) is 64.3 Å². The highest BCUT2D eigenvalue weighted by Gasteiger charge is 2.18. The molecule has 2 aromatic carbocycles. The lowest BCUT2D eigenvalue weighted by molar-refractivity contribution is 0.0528. The fraction of sp³-hybridized carbons (Fsp3) is 0.118. The number of hydrogen-bond donors (Lipinski definition) is 0. The molecule has 0 aliphatic heterocycles. The van der Waals surface area contributed by atoms with Gasteiger partial charge in [-0.1, -0.05) is 18.2 Å². The fourth-order valence-electron chi connectivity index (χ4n) is 2.25. The number of hydrogen-bond acceptors (Lipinski definition) is 5. The van der Waals surface area contributed by atoms with Crippen LogP contribution in [0.25, 0.3) is 22.4 Å². The number of nitrogens with zero attached hydrogens (tertiary/aromatic N) is 1. The van der Waals surface area contributed by atoms with Gasteiger partial charge in [-0.15, -0.1) is 0 Å². The van der Waals surface area contributed by atoms with Crippen LogP contribution in [0.3, 0.4) is 0 Å². The van der Waals surface area contributed by atoms with Gasteiger partial charge in [0.1, 0.15) is 11.2 Å². The number of benzene rings is 2. The molecule has 0 fully saturated rings. The molecule has 0 aliphatic carbocycles. The third kappa shape index (κ3) is 2.70. The lowest BCUT2D eigenvalue weighted by Crippen LogP contribution is -2.12.